The molecular weight excluding hydrogens is 226 g/mol. The van der Waals surface area contributed by atoms with Crippen LogP contribution < -0.4 is 11.1 Å². The summed E-state index contributed by atoms with van der Waals surface area (Å²) < 4.78 is 0. The minimum absolute atomic E-state index is 0.0366. The second-order valence-electron chi connectivity index (χ2n) is 5.02. The van der Waals surface area contributed by atoms with Crippen molar-refractivity contribution in [3.05, 3.63) is 30.0 Å². The number of carbonyl (C=O) groups excluding carboxylic acids is 1. The maximum Gasteiger partial charge on any atom is 0.267 e. The molecule has 0 saturated heterocycles. The molecule has 1 heterocycles. The molecule has 4 heteroatoms. The van der Waals surface area contributed by atoms with Gasteiger partial charge >= 0.3 is 0 Å². The molecule has 4 nitrogen and oxygen atoms in total. The van der Waals surface area contributed by atoms with Gasteiger partial charge in [0.2, 0.25) is 0 Å². The minimum atomic E-state index is -0.0366. The highest BCUT2D eigenvalue weighted by Gasteiger charge is 2.20. The van der Waals surface area contributed by atoms with Gasteiger partial charge in [0.25, 0.3) is 5.91 Å². The van der Waals surface area contributed by atoms with Crippen LogP contribution in [0.5, 0.6) is 0 Å². The number of H-pyrrole nitrogens is 1. The van der Waals surface area contributed by atoms with Crippen LogP contribution in [0.15, 0.2) is 24.3 Å². The van der Waals surface area contributed by atoms with E-state index in [9.17, 15) is 4.79 Å². The number of anilines is 1. The Labute approximate surface area is 106 Å². The van der Waals surface area contributed by atoms with Crippen molar-refractivity contribution in [2.75, 3.05) is 12.3 Å². The molecule has 18 heavy (non-hydrogen) atoms. The van der Waals surface area contributed by atoms with Gasteiger partial charge < -0.3 is 16.0 Å². The van der Waals surface area contributed by atoms with Gasteiger partial charge in [0, 0.05) is 23.1 Å². The number of hydrogen-bond donors (Lipinski definition) is 3. The van der Waals surface area contributed by atoms with Crippen LogP contribution in [0.1, 0.15) is 29.8 Å². The van der Waals surface area contributed by atoms with Crippen molar-refractivity contribution in [1.29, 1.82) is 0 Å². The van der Waals surface area contributed by atoms with Crippen LogP contribution in [0, 0.1) is 5.92 Å². The number of carbonyl (C=O) groups is 1. The fourth-order valence-electron chi connectivity index (χ4n) is 2.17. The molecule has 0 aliphatic heterocycles. The lowest BCUT2D eigenvalue weighted by molar-refractivity contribution is 0.0948. The molecule has 3 rings (SSSR count). The second kappa shape index (κ2) is 4.37. The van der Waals surface area contributed by atoms with E-state index in [1.54, 1.807) is 0 Å². The summed E-state index contributed by atoms with van der Waals surface area (Å²) in [6.07, 6.45) is 3.74. The summed E-state index contributed by atoms with van der Waals surface area (Å²) in [5.41, 5.74) is 7.97. The van der Waals surface area contributed by atoms with Gasteiger partial charge in [0.15, 0.2) is 0 Å². The van der Waals surface area contributed by atoms with Crippen LogP contribution in [0.2, 0.25) is 0 Å². The van der Waals surface area contributed by atoms with E-state index in [4.69, 9.17) is 5.73 Å². The SMILES string of the molecule is Nc1ccc2[nH]c(C(=O)NCCC3CC3)cc2c1. The van der Waals surface area contributed by atoms with Crippen molar-refractivity contribution in [3.8, 4) is 0 Å². The zero-order valence-corrected chi connectivity index (χ0v) is 10.2. The van der Waals surface area contributed by atoms with Crippen LogP contribution in [-0.2, 0) is 0 Å². The van der Waals surface area contributed by atoms with Crippen LogP contribution in [0.25, 0.3) is 10.9 Å². The molecule has 0 unspecified atom stereocenters. The highest BCUT2D eigenvalue weighted by Crippen LogP contribution is 2.31. The second-order valence-corrected chi connectivity index (χ2v) is 5.02. The van der Waals surface area contributed by atoms with Crippen LogP contribution >= 0.6 is 0 Å². The molecule has 1 aromatic carbocycles. The molecule has 1 fully saturated rings. The standard InChI is InChI=1S/C14H17N3O/c15-11-3-4-12-10(7-11)8-13(17-12)14(18)16-6-5-9-1-2-9/h3-4,7-9,17H,1-2,5-6,15H2,(H,16,18). The number of nitrogen functional groups attached to an aromatic ring is 1. The van der Waals surface area contributed by atoms with E-state index in [0.717, 1.165) is 29.8 Å². The first kappa shape index (κ1) is 11.1. The molecule has 1 amide bonds. The lowest BCUT2D eigenvalue weighted by Crippen LogP contribution is -2.24. The summed E-state index contributed by atoms with van der Waals surface area (Å²) >= 11 is 0. The van der Waals surface area contributed by atoms with Crippen molar-refractivity contribution in [2.45, 2.75) is 19.3 Å². The van der Waals surface area contributed by atoms with Gasteiger partial charge in [0.05, 0.1) is 0 Å². The average molecular weight is 243 g/mol. The number of rotatable bonds is 4. The summed E-state index contributed by atoms with van der Waals surface area (Å²) in [4.78, 5) is 15.0. The summed E-state index contributed by atoms with van der Waals surface area (Å²) in [6.45, 7) is 0.765. The van der Waals surface area contributed by atoms with E-state index in [1.807, 2.05) is 24.3 Å². The first-order chi connectivity index (χ1) is 8.72. The Bertz CT molecular complexity index is 584. The number of nitrogens with two attached hydrogens (primary N) is 1. The van der Waals surface area contributed by atoms with E-state index < -0.39 is 0 Å². The third kappa shape index (κ3) is 2.32. The van der Waals surface area contributed by atoms with Gasteiger partial charge in [-0.1, -0.05) is 12.8 Å². The zero-order chi connectivity index (χ0) is 12.5. The molecule has 0 atom stereocenters. The quantitative estimate of drug-likeness (QED) is 0.721. The van der Waals surface area contributed by atoms with Gasteiger partial charge in [-0.2, -0.15) is 0 Å². The predicted octanol–water partition coefficient (Wildman–Crippen LogP) is 2.28. The van der Waals surface area contributed by atoms with E-state index >= 15 is 0 Å². The number of nitrogens with one attached hydrogen (secondary N) is 2. The van der Waals surface area contributed by atoms with Crippen LogP contribution in [0.3, 0.4) is 0 Å². The van der Waals surface area contributed by atoms with Crippen molar-refractivity contribution in [2.24, 2.45) is 5.92 Å². The van der Waals surface area contributed by atoms with Crippen molar-refractivity contribution < 1.29 is 4.79 Å². The Hall–Kier alpha value is -1.97. The molecule has 1 aromatic heterocycles. The van der Waals surface area contributed by atoms with E-state index in [1.165, 1.54) is 12.8 Å². The Kier molecular flexibility index (Phi) is 2.70. The van der Waals surface area contributed by atoms with Crippen molar-refractivity contribution >= 4 is 22.5 Å². The zero-order valence-electron chi connectivity index (χ0n) is 10.2. The largest absolute Gasteiger partial charge is 0.399 e. The molecule has 2 aromatic rings. The Morgan fingerprint density at radius 2 is 2.22 bits per heavy atom. The highest BCUT2D eigenvalue weighted by molar-refractivity contribution is 5.98. The Balaban J connectivity index is 1.70. The number of benzene rings is 1. The predicted molar refractivity (Wildman–Crippen MR) is 72.4 cm³/mol. The highest BCUT2D eigenvalue weighted by atomic mass is 16.1. The molecule has 0 bridgehead atoms. The summed E-state index contributed by atoms with van der Waals surface area (Å²) in [6, 6.07) is 7.43. The van der Waals surface area contributed by atoms with Gasteiger partial charge in [-0.15, -0.1) is 0 Å². The fraction of sp³-hybridized carbons (Fsp3) is 0.357. The molecule has 94 valence electrons. The van der Waals surface area contributed by atoms with E-state index in [-0.39, 0.29) is 5.91 Å². The number of amides is 1. The molecule has 0 radical (unpaired) electrons. The third-order valence-electron chi connectivity index (χ3n) is 3.42. The monoisotopic (exact) mass is 243 g/mol. The Morgan fingerprint density at radius 3 is 3.00 bits per heavy atom. The number of aromatic nitrogens is 1. The smallest absolute Gasteiger partial charge is 0.267 e. The van der Waals surface area contributed by atoms with Crippen molar-refractivity contribution in [3.63, 3.8) is 0 Å². The molecule has 1 aliphatic carbocycles. The molecule has 4 N–H and O–H groups in total. The van der Waals surface area contributed by atoms with Gasteiger partial charge in [0.1, 0.15) is 5.69 Å². The topological polar surface area (TPSA) is 70.9 Å². The molecule has 0 spiro atoms. The molecule has 1 aliphatic rings. The Morgan fingerprint density at radius 1 is 1.39 bits per heavy atom. The van der Waals surface area contributed by atoms with Gasteiger partial charge in [-0.3, -0.25) is 4.79 Å². The van der Waals surface area contributed by atoms with E-state index in [2.05, 4.69) is 10.3 Å². The molecule has 1 saturated carbocycles. The average Bonchev–Trinajstić information content (AvgIpc) is 3.06. The van der Waals surface area contributed by atoms with Crippen LogP contribution in [0.4, 0.5) is 5.69 Å². The van der Waals surface area contributed by atoms with Crippen molar-refractivity contribution in [1.82, 2.24) is 10.3 Å². The number of hydrogen-bond acceptors (Lipinski definition) is 2. The summed E-state index contributed by atoms with van der Waals surface area (Å²) in [5, 5.41) is 3.92. The molecular formula is C14H17N3O. The number of fused-ring (bicyclic) bond motifs is 1. The fourth-order valence-corrected chi connectivity index (χ4v) is 2.17. The number of aromatic amines is 1. The van der Waals surface area contributed by atoms with Gasteiger partial charge in [-0.25, -0.2) is 0 Å². The minimum Gasteiger partial charge on any atom is -0.399 e. The third-order valence-corrected chi connectivity index (χ3v) is 3.42. The summed E-state index contributed by atoms with van der Waals surface area (Å²) in [5.74, 6) is 0.804. The van der Waals surface area contributed by atoms with Crippen LogP contribution in [-0.4, -0.2) is 17.4 Å². The lowest BCUT2D eigenvalue weighted by Gasteiger charge is -2.01. The summed E-state index contributed by atoms with van der Waals surface area (Å²) in [7, 11) is 0. The van der Waals surface area contributed by atoms with Gasteiger partial charge in [-0.05, 0) is 36.6 Å². The first-order valence-electron chi connectivity index (χ1n) is 6.39. The maximum atomic E-state index is 11.9. The van der Waals surface area contributed by atoms with E-state index in [0.29, 0.717) is 11.4 Å². The normalized spacial score (nSPS) is 14.9. The first-order valence-corrected chi connectivity index (χ1v) is 6.39. The maximum absolute atomic E-state index is 11.9. The lowest BCUT2D eigenvalue weighted by atomic mass is 10.2.